The maximum Gasteiger partial charge on any atom is 0.231 e. The molecule has 122 valence electrons. The van der Waals surface area contributed by atoms with Gasteiger partial charge in [0.25, 0.3) is 0 Å². The van der Waals surface area contributed by atoms with Crippen LogP contribution in [0.1, 0.15) is 37.2 Å². The first-order valence-corrected chi connectivity index (χ1v) is 8.25. The molecule has 2 amide bonds. The average Bonchev–Trinajstić information content (AvgIpc) is 2.78. The number of benzene rings is 1. The predicted octanol–water partition coefficient (Wildman–Crippen LogP) is 1.60. The second-order valence-electron chi connectivity index (χ2n) is 6.66. The van der Waals surface area contributed by atoms with E-state index >= 15 is 0 Å². The van der Waals surface area contributed by atoms with E-state index in [0.717, 1.165) is 37.9 Å². The SMILES string of the molecule is O=C1CC(C(=O)N2C3CCNCC2CC3)c2ccc(F)cc2N1. The number of nitrogens with zero attached hydrogens (tertiary/aromatic N) is 1. The van der Waals surface area contributed by atoms with Crippen molar-refractivity contribution >= 4 is 17.5 Å². The number of hydrogen-bond donors (Lipinski definition) is 2. The lowest BCUT2D eigenvalue weighted by Crippen LogP contribution is -2.46. The summed E-state index contributed by atoms with van der Waals surface area (Å²) in [6.07, 6.45) is 3.14. The third-order valence-corrected chi connectivity index (χ3v) is 5.26. The van der Waals surface area contributed by atoms with Gasteiger partial charge in [0.15, 0.2) is 0 Å². The van der Waals surface area contributed by atoms with Gasteiger partial charge in [-0.15, -0.1) is 0 Å². The number of nitrogens with one attached hydrogen (secondary N) is 2. The highest BCUT2D eigenvalue weighted by Crippen LogP contribution is 2.37. The summed E-state index contributed by atoms with van der Waals surface area (Å²) in [7, 11) is 0. The smallest absolute Gasteiger partial charge is 0.231 e. The fraction of sp³-hybridized carbons (Fsp3) is 0.529. The summed E-state index contributed by atoms with van der Waals surface area (Å²) in [5.74, 6) is -1.11. The molecule has 3 aliphatic rings. The Morgan fingerprint density at radius 3 is 2.91 bits per heavy atom. The van der Waals surface area contributed by atoms with Crippen LogP contribution in [0.15, 0.2) is 18.2 Å². The van der Waals surface area contributed by atoms with Gasteiger partial charge in [0.05, 0.1) is 5.92 Å². The lowest BCUT2D eigenvalue weighted by Gasteiger charge is -2.34. The monoisotopic (exact) mass is 317 g/mol. The minimum Gasteiger partial charge on any atom is -0.335 e. The van der Waals surface area contributed by atoms with E-state index in [-0.39, 0.29) is 30.3 Å². The van der Waals surface area contributed by atoms with Crippen LogP contribution in [0, 0.1) is 5.82 Å². The first-order chi connectivity index (χ1) is 11.1. The van der Waals surface area contributed by atoms with E-state index in [1.807, 2.05) is 4.90 Å². The van der Waals surface area contributed by atoms with Gasteiger partial charge in [0.1, 0.15) is 5.82 Å². The van der Waals surface area contributed by atoms with Crippen LogP contribution in [-0.2, 0) is 9.59 Å². The molecule has 3 unspecified atom stereocenters. The molecule has 4 rings (SSSR count). The molecule has 1 aromatic carbocycles. The van der Waals surface area contributed by atoms with Crippen molar-refractivity contribution in [3.05, 3.63) is 29.6 Å². The molecule has 3 heterocycles. The van der Waals surface area contributed by atoms with E-state index in [1.165, 1.54) is 12.1 Å². The summed E-state index contributed by atoms with van der Waals surface area (Å²) in [5, 5.41) is 6.06. The zero-order chi connectivity index (χ0) is 16.0. The van der Waals surface area contributed by atoms with E-state index in [0.29, 0.717) is 5.69 Å². The first-order valence-electron chi connectivity index (χ1n) is 8.25. The normalized spacial score (nSPS) is 29.7. The molecule has 2 bridgehead atoms. The molecular formula is C17H20FN3O2. The van der Waals surface area contributed by atoms with Crippen LogP contribution in [0.5, 0.6) is 0 Å². The van der Waals surface area contributed by atoms with E-state index in [4.69, 9.17) is 0 Å². The van der Waals surface area contributed by atoms with Crippen LogP contribution in [-0.4, -0.2) is 41.9 Å². The fourth-order valence-electron chi connectivity index (χ4n) is 4.18. The third-order valence-electron chi connectivity index (χ3n) is 5.26. The quantitative estimate of drug-likeness (QED) is 0.827. The topological polar surface area (TPSA) is 61.4 Å². The van der Waals surface area contributed by atoms with Gasteiger partial charge in [-0.3, -0.25) is 9.59 Å². The van der Waals surface area contributed by atoms with Crippen LogP contribution in [0.3, 0.4) is 0 Å². The average molecular weight is 317 g/mol. The Kier molecular flexibility index (Phi) is 3.56. The number of hydrogen-bond acceptors (Lipinski definition) is 3. The Hall–Kier alpha value is -1.95. The zero-order valence-corrected chi connectivity index (χ0v) is 12.8. The minimum absolute atomic E-state index is 0.0175. The Balaban J connectivity index is 1.67. The van der Waals surface area contributed by atoms with E-state index in [2.05, 4.69) is 10.6 Å². The Bertz CT molecular complexity index is 649. The molecule has 0 radical (unpaired) electrons. The van der Waals surface area contributed by atoms with E-state index in [9.17, 15) is 14.0 Å². The number of fused-ring (bicyclic) bond motifs is 3. The summed E-state index contributed by atoms with van der Waals surface area (Å²) < 4.78 is 13.4. The van der Waals surface area contributed by atoms with Crippen molar-refractivity contribution in [1.29, 1.82) is 0 Å². The molecule has 2 fully saturated rings. The molecule has 6 heteroatoms. The zero-order valence-electron chi connectivity index (χ0n) is 12.8. The summed E-state index contributed by atoms with van der Waals surface area (Å²) >= 11 is 0. The molecule has 2 saturated heterocycles. The standard InChI is InChI=1S/C17H20FN3O2/c18-10-1-4-13-14(8-16(22)20-15(13)7-10)17(23)21-11-2-3-12(21)9-19-6-5-11/h1,4,7,11-12,14,19H,2-3,5-6,8-9H2,(H,20,22). The van der Waals surface area contributed by atoms with E-state index in [1.54, 1.807) is 6.07 Å². The lowest BCUT2D eigenvalue weighted by molar-refractivity contribution is -0.137. The Labute approximate surface area is 134 Å². The molecule has 1 aromatic rings. The second-order valence-corrected chi connectivity index (χ2v) is 6.66. The van der Waals surface area contributed by atoms with Gasteiger partial charge in [-0.2, -0.15) is 0 Å². The highest BCUT2D eigenvalue weighted by molar-refractivity contribution is 6.01. The van der Waals surface area contributed by atoms with Crippen molar-refractivity contribution in [1.82, 2.24) is 10.2 Å². The van der Waals surface area contributed by atoms with Crippen molar-refractivity contribution in [3.63, 3.8) is 0 Å². The van der Waals surface area contributed by atoms with Gasteiger partial charge in [0, 0.05) is 30.7 Å². The van der Waals surface area contributed by atoms with Crippen molar-refractivity contribution in [2.45, 2.75) is 43.7 Å². The molecule has 23 heavy (non-hydrogen) atoms. The Morgan fingerprint density at radius 1 is 1.22 bits per heavy atom. The summed E-state index contributed by atoms with van der Waals surface area (Å²) in [6, 6.07) is 4.76. The van der Waals surface area contributed by atoms with Crippen LogP contribution >= 0.6 is 0 Å². The lowest BCUT2D eigenvalue weighted by atomic mass is 9.88. The fourth-order valence-corrected chi connectivity index (χ4v) is 4.18. The number of carbonyl (C=O) groups is 2. The maximum atomic E-state index is 13.4. The molecule has 5 nitrogen and oxygen atoms in total. The molecular weight excluding hydrogens is 297 g/mol. The van der Waals surface area contributed by atoms with Gasteiger partial charge in [-0.05, 0) is 43.5 Å². The molecule has 0 saturated carbocycles. The number of carbonyl (C=O) groups excluding carboxylic acids is 2. The van der Waals surface area contributed by atoms with Crippen LogP contribution in [0.4, 0.5) is 10.1 Å². The van der Waals surface area contributed by atoms with Crippen molar-refractivity contribution in [2.75, 3.05) is 18.4 Å². The Morgan fingerprint density at radius 2 is 2.04 bits per heavy atom. The largest absolute Gasteiger partial charge is 0.335 e. The van der Waals surface area contributed by atoms with Crippen LogP contribution in [0.2, 0.25) is 0 Å². The summed E-state index contributed by atoms with van der Waals surface area (Å²) in [6.45, 7) is 1.75. The van der Waals surface area contributed by atoms with Gasteiger partial charge >= 0.3 is 0 Å². The van der Waals surface area contributed by atoms with Gasteiger partial charge < -0.3 is 15.5 Å². The van der Waals surface area contributed by atoms with Gasteiger partial charge in [-0.1, -0.05) is 6.07 Å². The molecule has 3 atom stereocenters. The van der Waals surface area contributed by atoms with Crippen LogP contribution in [0.25, 0.3) is 0 Å². The number of halogens is 1. The van der Waals surface area contributed by atoms with Crippen molar-refractivity contribution in [2.24, 2.45) is 0 Å². The van der Waals surface area contributed by atoms with Gasteiger partial charge in [-0.25, -0.2) is 4.39 Å². The predicted molar refractivity (Wildman–Crippen MR) is 83.5 cm³/mol. The van der Waals surface area contributed by atoms with Gasteiger partial charge in [0.2, 0.25) is 11.8 Å². The van der Waals surface area contributed by atoms with Crippen molar-refractivity contribution < 1.29 is 14.0 Å². The number of anilines is 1. The number of amides is 2. The summed E-state index contributed by atoms with van der Waals surface area (Å²) in [5.41, 5.74) is 1.16. The van der Waals surface area contributed by atoms with E-state index < -0.39 is 11.7 Å². The highest BCUT2D eigenvalue weighted by atomic mass is 19.1. The maximum absolute atomic E-state index is 13.4. The molecule has 2 N–H and O–H groups in total. The third kappa shape index (κ3) is 2.51. The highest BCUT2D eigenvalue weighted by Gasteiger charge is 2.42. The molecule has 0 aliphatic carbocycles. The second kappa shape index (κ2) is 5.60. The summed E-state index contributed by atoms with van der Waals surface area (Å²) in [4.78, 5) is 27.1. The minimum atomic E-state index is -0.499. The first kappa shape index (κ1) is 14.6. The molecule has 0 spiro atoms. The van der Waals surface area contributed by atoms with Crippen LogP contribution < -0.4 is 10.6 Å². The molecule has 3 aliphatic heterocycles. The molecule has 0 aromatic heterocycles. The number of rotatable bonds is 1. The van der Waals surface area contributed by atoms with Crippen molar-refractivity contribution in [3.8, 4) is 0 Å².